The van der Waals surface area contributed by atoms with Crippen molar-refractivity contribution in [2.24, 2.45) is 11.7 Å². The minimum Gasteiger partial charge on any atom is -0.369 e. The molecule has 3 rings (SSSR count). The summed E-state index contributed by atoms with van der Waals surface area (Å²) in [6.07, 6.45) is 1.82. The lowest BCUT2D eigenvalue weighted by molar-refractivity contribution is -0.123. The van der Waals surface area contributed by atoms with Crippen LogP contribution in [-0.4, -0.2) is 47.9 Å². The van der Waals surface area contributed by atoms with Crippen LogP contribution in [0.1, 0.15) is 28.9 Å². The molecule has 1 saturated heterocycles. The van der Waals surface area contributed by atoms with E-state index < -0.39 is 0 Å². The number of aryl methyl sites for hydroxylation is 1. The fourth-order valence-corrected chi connectivity index (χ4v) is 3.60. The highest BCUT2D eigenvalue weighted by atomic mass is 35.5. The molecule has 0 aliphatic carbocycles. The standard InChI is InChI=1S/C18H23ClN4O2/c1-11-14-9-13(19)4-5-15(14)22-16(11)18(25)21-6-8-23-7-2-3-12(10-23)17(20)24/h4-5,9,12,22H,2-3,6-8,10H2,1H3,(H2,20,24)(H,21,25)/t12-/m1/s1. The highest BCUT2D eigenvalue weighted by Crippen LogP contribution is 2.24. The van der Waals surface area contributed by atoms with Gasteiger partial charge in [-0.15, -0.1) is 0 Å². The molecule has 25 heavy (non-hydrogen) atoms. The number of nitrogens with zero attached hydrogens (tertiary/aromatic N) is 1. The SMILES string of the molecule is Cc1c(C(=O)NCCN2CCC[C@@H](C(N)=O)C2)[nH]c2ccc(Cl)cc12. The highest BCUT2D eigenvalue weighted by molar-refractivity contribution is 6.31. The number of fused-ring (bicyclic) bond motifs is 1. The number of primary amides is 1. The van der Waals surface area contributed by atoms with Gasteiger partial charge < -0.3 is 20.9 Å². The summed E-state index contributed by atoms with van der Waals surface area (Å²) < 4.78 is 0. The number of likely N-dealkylation sites (tertiary alicyclic amines) is 1. The maximum Gasteiger partial charge on any atom is 0.268 e. The largest absolute Gasteiger partial charge is 0.369 e. The van der Waals surface area contributed by atoms with Gasteiger partial charge in [0.15, 0.2) is 0 Å². The van der Waals surface area contributed by atoms with Crippen molar-refractivity contribution in [1.29, 1.82) is 0 Å². The summed E-state index contributed by atoms with van der Waals surface area (Å²) >= 11 is 6.03. The topological polar surface area (TPSA) is 91.2 Å². The van der Waals surface area contributed by atoms with E-state index in [1.807, 2.05) is 19.1 Å². The van der Waals surface area contributed by atoms with Crippen molar-refractivity contribution in [3.8, 4) is 0 Å². The molecule has 1 aliphatic rings. The summed E-state index contributed by atoms with van der Waals surface area (Å²) in [5, 5.41) is 4.55. The van der Waals surface area contributed by atoms with Crippen molar-refractivity contribution < 1.29 is 9.59 Å². The number of amides is 2. The van der Waals surface area contributed by atoms with E-state index in [2.05, 4.69) is 15.2 Å². The van der Waals surface area contributed by atoms with E-state index >= 15 is 0 Å². The number of hydrogen-bond acceptors (Lipinski definition) is 3. The van der Waals surface area contributed by atoms with Gasteiger partial charge in [-0.2, -0.15) is 0 Å². The second-order valence-electron chi connectivity index (χ2n) is 6.61. The number of aromatic nitrogens is 1. The third-order valence-corrected chi connectivity index (χ3v) is 5.10. The van der Waals surface area contributed by atoms with Crippen LogP contribution in [0.25, 0.3) is 10.9 Å². The van der Waals surface area contributed by atoms with Gasteiger partial charge in [0.2, 0.25) is 5.91 Å². The van der Waals surface area contributed by atoms with Crippen LogP contribution >= 0.6 is 11.6 Å². The Labute approximate surface area is 151 Å². The third kappa shape index (κ3) is 3.96. The number of nitrogens with two attached hydrogens (primary N) is 1. The van der Waals surface area contributed by atoms with Crippen LogP contribution in [0.4, 0.5) is 0 Å². The van der Waals surface area contributed by atoms with Gasteiger partial charge in [-0.3, -0.25) is 9.59 Å². The zero-order chi connectivity index (χ0) is 18.0. The van der Waals surface area contributed by atoms with Gasteiger partial charge in [0, 0.05) is 35.6 Å². The molecule has 0 saturated carbocycles. The summed E-state index contributed by atoms with van der Waals surface area (Å²) in [7, 11) is 0. The average molecular weight is 363 g/mol. The van der Waals surface area contributed by atoms with Crippen LogP contribution < -0.4 is 11.1 Å². The van der Waals surface area contributed by atoms with Crippen LogP contribution in [0, 0.1) is 12.8 Å². The zero-order valence-corrected chi connectivity index (χ0v) is 15.0. The molecule has 0 spiro atoms. The molecular weight excluding hydrogens is 340 g/mol. The smallest absolute Gasteiger partial charge is 0.268 e. The predicted octanol–water partition coefficient (Wildman–Crippen LogP) is 2.06. The summed E-state index contributed by atoms with van der Waals surface area (Å²) in [4.78, 5) is 29.1. The van der Waals surface area contributed by atoms with E-state index in [0.717, 1.165) is 35.9 Å². The Bertz CT molecular complexity index is 802. The Morgan fingerprint density at radius 3 is 3.00 bits per heavy atom. The molecule has 1 aliphatic heterocycles. The molecule has 2 amide bonds. The number of benzene rings is 1. The van der Waals surface area contributed by atoms with Crippen molar-refractivity contribution in [1.82, 2.24) is 15.2 Å². The first kappa shape index (κ1) is 17.8. The molecule has 7 heteroatoms. The number of H-pyrrole nitrogens is 1. The molecule has 1 fully saturated rings. The first-order valence-corrected chi connectivity index (χ1v) is 8.91. The summed E-state index contributed by atoms with van der Waals surface area (Å²) in [6.45, 7) is 4.76. The van der Waals surface area contributed by atoms with E-state index in [1.54, 1.807) is 6.07 Å². The van der Waals surface area contributed by atoms with Crippen molar-refractivity contribution in [2.75, 3.05) is 26.2 Å². The van der Waals surface area contributed by atoms with E-state index in [4.69, 9.17) is 17.3 Å². The van der Waals surface area contributed by atoms with Gasteiger partial charge in [-0.25, -0.2) is 0 Å². The molecule has 6 nitrogen and oxygen atoms in total. The molecule has 1 aromatic heterocycles. The number of nitrogens with one attached hydrogen (secondary N) is 2. The van der Waals surface area contributed by atoms with Gasteiger partial charge in [0.1, 0.15) is 5.69 Å². The Morgan fingerprint density at radius 2 is 2.24 bits per heavy atom. The van der Waals surface area contributed by atoms with E-state index in [-0.39, 0.29) is 17.7 Å². The number of hydrogen-bond donors (Lipinski definition) is 3. The maximum atomic E-state index is 12.5. The Balaban J connectivity index is 1.58. The normalized spacial score (nSPS) is 18.4. The molecule has 0 radical (unpaired) electrons. The molecule has 1 aromatic carbocycles. The molecule has 4 N–H and O–H groups in total. The van der Waals surface area contributed by atoms with Gasteiger partial charge in [-0.1, -0.05) is 11.6 Å². The van der Waals surface area contributed by atoms with Crippen molar-refractivity contribution in [3.05, 3.63) is 34.5 Å². The lowest BCUT2D eigenvalue weighted by Gasteiger charge is -2.31. The number of carbonyl (C=O) groups excluding carboxylic acids is 2. The van der Waals surface area contributed by atoms with Crippen LogP contribution in [0.5, 0.6) is 0 Å². The van der Waals surface area contributed by atoms with Crippen LogP contribution in [0.2, 0.25) is 5.02 Å². The molecule has 2 aromatic rings. The van der Waals surface area contributed by atoms with Gasteiger partial charge >= 0.3 is 0 Å². The predicted molar refractivity (Wildman–Crippen MR) is 98.7 cm³/mol. The molecular formula is C18H23ClN4O2. The first-order valence-electron chi connectivity index (χ1n) is 8.53. The van der Waals surface area contributed by atoms with E-state index in [9.17, 15) is 9.59 Å². The number of aromatic amines is 1. The molecule has 0 unspecified atom stereocenters. The van der Waals surface area contributed by atoms with Crippen LogP contribution in [-0.2, 0) is 4.79 Å². The second-order valence-corrected chi connectivity index (χ2v) is 7.05. The minimum atomic E-state index is -0.235. The van der Waals surface area contributed by atoms with Crippen LogP contribution in [0.15, 0.2) is 18.2 Å². The zero-order valence-electron chi connectivity index (χ0n) is 14.3. The van der Waals surface area contributed by atoms with Gasteiger partial charge in [0.25, 0.3) is 5.91 Å². The third-order valence-electron chi connectivity index (χ3n) is 4.87. The fourth-order valence-electron chi connectivity index (χ4n) is 3.43. The van der Waals surface area contributed by atoms with Crippen molar-refractivity contribution in [2.45, 2.75) is 19.8 Å². The lowest BCUT2D eigenvalue weighted by atomic mass is 9.97. The van der Waals surface area contributed by atoms with Gasteiger partial charge in [-0.05, 0) is 50.1 Å². The van der Waals surface area contributed by atoms with Crippen molar-refractivity contribution >= 4 is 34.3 Å². The maximum absolute atomic E-state index is 12.5. The van der Waals surface area contributed by atoms with Gasteiger partial charge in [0.05, 0.1) is 5.92 Å². The second kappa shape index (κ2) is 7.45. The monoisotopic (exact) mass is 362 g/mol. The number of piperidine rings is 1. The first-order chi connectivity index (χ1) is 12.0. The summed E-state index contributed by atoms with van der Waals surface area (Å²) in [5.74, 6) is -0.445. The molecule has 1 atom stereocenters. The highest BCUT2D eigenvalue weighted by Gasteiger charge is 2.23. The van der Waals surface area contributed by atoms with E-state index in [1.165, 1.54) is 0 Å². The Hall–Kier alpha value is -2.05. The quantitative estimate of drug-likeness (QED) is 0.760. The Kier molecular flexibility index (Phi) is 5.30. The van der Waals surface area contributed by atoms with E-state index in [0.29, 0.717) is 30.4 Å². The fraction of sp³-hybridized carbons (Fsp3) is 0.444. The van der Waals surface area contributed by atoms with Crippen LogP contribution in [0.3, 0.4) is 0 Å². The number of rotatable bonds is 5. The number of halogens is 1. The summed E-state index contributed by atoms with van der Waals surface area (Å²) in [6, 6.07) is 5.53. The number of carbonyl (C=O) groups is 2. The molecule has 2 heterocycles. The average Bonchev–Trinajstić information content (AvgIpc) is 2.91. The minimum absolute atomic E-state index is 0.0786. The van der Waals surface area contributed by atoms with Crippen molar-refractivity contribution in [3.63, 3.8) is 0 Å². The molecule has 0 bridgehead atoms. The Morgan fingerprint density at radius 1 is 1.44 bits per heavy atom. The summed E-state index contributed by atoms with van der Waals surface area (Å²) in [5.41, 5.74) is 7.74. The lowest BCUT2D eigenvalue weighted by Crippen LogP contribution is -2.44. The molecule has 134 valence electrons.